The second kappa shape index (κ2) is 9.76. The molecule has 1 aromatic heterocycles. The van der Waals surface area contributed by atoms with Gasteiger partial charge in [-0.1, -0.05) is 18.2 Å². The van der Waals surface area contributed by atoms with Gasteiger partial charge in [-0.2, -0.15) is 0 Å². The molecule has 1 aromatic carbocycles. The van der Waals surface area contributed by atoms with Gasteiger partial charge < -0.3 is 19.7 Å². The van der Waals surface area contributed by atoms with Gasteiger partial charge in [-0.25, -0.2) is 4.98 Å². The van der Waals surface area contributed by atoms with E-state index >= 15 is 0 Å². The highest BCUT2D eigenvalue weighted by molar-refractivity contribution is 5.85. The van der Waals surface area contributed by atoms with Crippen molar-refractivity contribution in [3.63, 3.8) is 0 Å². The van der Waals surface area contributed by atoms with Gasteiger partial charge in [0.2, 0.25) is 0 Å². The van der Waals surface area contributed by atoms with Crippen molar-refractivity contribution in [1.29, 1.82) is 0 Å². The van der Waals surface area contributed by atoms with Gasteiger partial charge >= 0.3 is 0 Å². The van der Waals surface area contributed by atoms with E-state index in [4.69, 9.17) is 9.47 Å². The zero-order valence-electron chi connectivity index (χ0n) is 15.7. The topological polar surface area (TPSA) is 46.6 Å². The van der Waals surface area contributed by atoms with Crippen molar-refractivity contribution in [2.45, 2.75) is 26.9 Å². The third-order valence-corrected chi connectivity index (χ3v) is 4.55. The zero-order chi connectivity index (χ0) is 17.6. The maximum Gasteiger partial charge on any atom is 0.133 e. The second-order valence-electron chi connectivity index (χ2n) is 6.45. The Hall–Kier alpha value is -1.82. The van der Waals surface area contributed by atoms with Crippen LogP contribution in [0, 0.1) is 13.8 Å². The van der Waals surface area contributed by atoms with Gasteiger partial charge in [-0.15, -0.1) is 12.4 Å². The van der Waals surface area contributed by atoms with Crippen LogP contribution in [0.25, 0.3) is 0 Å². The smallest absolute Gasteiger partial charge is 0.133 e. The van der Waals surface area contributed by atoms with Crippen LogP contribution >= 0.6 is 12.4 Å². The molecule has 0 aliphatic carbocycles. The summed E-state index contributed by atoms with van der Waals surface area (Å²) in [5, 5.41) is 3.55. The number of anilines is 1. The number of methoxy groups -OCH3 is 1. The Morgan fingerprint density at radius 2 is 1.85 bits per heavy atom. The SMILES string of the molecule is COc1c(C)cc(CNCc2cccnc2N2CCOCC2)cc1C.Cl. The van der Waals surface area contributed by atoms with Crippen LogP contribution < -0.4 is 15.0 Å². The molecule has 0 atom stereocenters. The minimum absolute atomic E-state index is 0. The number of hydrogen-bond acceptors (Lipinski definition) is 5. The van der Waals surface area contributed by atoms with Crippen LogP contribution in [0.3, 0.4) is 0 Å². The first-order valence-corrected chi connectivity index (χ1v) is 8.80. The van der Waals surface area contributed by atoms with Gasteiger partial charge in [-0.05, 0) is 36.6 Å². The Labute approximate surface area is 162 Å². The van der Waals surface area contributed by atoms with Crippen molar-refractivity contribution < 1.29 is 9.47 Å². The van der Waals surface area contributed by atoms with E-state index in [1.807, 2.05) is 12.3 Å². The van der Waals surface area contributed by atoms with E-state index in [1.54, 1.807) is 7.11 Å². The molecular formula is C20H28ClN3O2. The fourth-order valence-electron chi connectivity index (χ4n) is 3.43. The van der Waals surface area contributed by atoms with Crippen molar-refractivity contribution in [1.82, 2.24) is 10.3 Å². The molecule has 26 heavy (non-hydrogen) atoms. The number of aryl methyl sites for hydroxylation is 2. The largest absolute Gasteiger partial charge is 0.496 e. The minimum Gasteiger partial charge on any atom is -0.496 e. The van der Waals surface area contributed by atoms with E-state index in [1.165, 1.54) is 22.3 Å². The number of nitrogens with zero attached hydrogens (tertiary/aromatic N) is 2. The van der Waals surface area contributed by atoms with Crippen LogP contribution in [0.2, 0.25) is 0 Å². The number of hydrogen-bond donors (Lipinski definition) is 1. The molecule has 6 heteroatoms. The Morgan fingerprint density at radius 3 is 2.50 bits per heavy atom. The van der Waals surface area contributed by atoms with Gasteiger partial charge in [0.15, 0.2) is 0 Å². The first kappa shape index (κ1) is 20.5. The van der Waals surface area contributed by atoms with E-state index < -0.39 is 0 Å². The monoisotopic (exact) mass is 377 g/mol. The molecule has 3 rings (SSSR count). The van der Waals surface area contributed by atoms with Crippen molar-refractivity contribution >= 4 is 18.2 Å². The molecule has 2 aromatic rings. The number of benzene rings is 1. The summed E-state index contributed by atoms with van der Waals surface area (Å²) in [5.74, 6) is 2.05. The van der Waals surface area contributed by atoms with Gasteiger partial charge in [0.25, 0.3) is 0 Å². The fraction of sp³-hybridized carbons (Fsp3) is 0.450. The van der Waals surface area contributed by atoms with Crippen LogP contribution in [0.15, 0.2) is 30.5 Å². The highest BCUT2D eigenvalue weighted by Gasteiger charge is 2.15. The minimum atomic E-state index is 0. The van der Waals surface area contributed by atoms with Gasteiger partial charge in [0.05, 0.1) is 20.3 Å². The van der Waals surface area contributed by atoms with Crippen LogP contribution in [0.5, 0.6) is 5.75 Å². The van der Waals surface area contributed by atoms with Crippen LogP contribution in [-0.4, -0.2) is 38.4 Å². The number of ether oxygens (including phenoxy) is 2. The molecule has 1 saturated heterocycles. The summed E-state index contributed by atoms with van der Waals surface area (Å²) in [4.78, 5) is 6.90. The third kappa shape index (κ3) is 4.87. The quantitative estimate of drug-likeness (QED) is 0.837. The molecule has 0 amide bonds. The predicted octanol–water partition coefficient (Wildman–Crippen LogP) is 3.26. The molecule has 2 heterocycles. The van der Waals surface area contributed by atoms with E-state index in [-0.39, 0.29) is 12.4 Å². The summed E-state index contributed by atoms with van der Waals surface area (Å²) in [6.45, 7) is 9.15. The maximum absolute atomic E-state index is 5.45. The van der Waals surface area contributed by atoms with Gasteiger partial charge in [0, 0.05) is 37.9 Å². The Kier molecular flexibility index (Phi) is 7.69. The zero-order valence-corrected chi connectivity index (χ0v) is 16.6. The number of rotatable bonds is 6. The summed E-state index contributed by atoms with van der Waals surface area (Å²) in [6.07, 6.45) is 1.87. The summed E-state index contributed by atoms with van der Waals surface area (Å²) in [5.41, 5.74) is 4.85. The molecule has 1 N–H and O–H groups in total. The highest BCUT2D eigenvalue weighted by atomic mass is 35.5. The summed E-state index contributed by atoms with van der Waals surface area (Å²) in [6, 6.07) is 8.52. The van der Waals surface area contributed by atoms with E-state index in [0.29, 0.717) is 0 Å². The predicted molar refractivity (Wildman–Crippen MR) is 108 cm³/mol. The summed E-state index contributed by atoms with van der Waals surface area (Å²) in [7, 11) is 1.73. The van der Waals surface area contributed by atoms with E-state index in [0.717, 1.165) is 51.0 Å². The lowest BCUT2D eigenvalue weighted by Crippen LogP contribution is -2.37. The number of nitrogens with one attached hydrogen (secondary N) is 1. The standard InChI is InChI=1S/C20H27N3O2.ClH/c1-15-11-17(12-16(2)19(15)24-3)13-21-14-18-5-4-6-22-20(18)23-7-9-25-10-8-23;/h4-6,11-12,21H,7-10,13-14H2,1-3H3;1H. The Bertz CT molecular complexity index is 695. The van der Waals surface area contributed by atoms with Crippen molar-refractivity contribution in [3.05, 3.63) is 52.7 Å². The molecule has 1 aliphatic rings. The lowest BCUT2D eigenvalue weighted by molar-refractivity contribution is 0.122. The van der Waals surface area contributed by atoms with E-state index in [9.17, 15) is 0 Å². The maximum atomic E-state index is 5.45. The molecule has 0 radical (unpaired) electrons. The van der Waals surface area contributed by atoms with Crippen molar-refractivity contribution in [3.8, 4) is 5.75 Å². The second-order valence-corrected chi connectivity index (χ2v) is 6.45. The first-order chi connectivity index (χ1) is 12.2. The molecule has 0 unspecified atom stereocenters. The number of halogens is 1. The normalized spacial score (nSPS) is 14.0. The lowest BCUT2D eigenvalue weighted by Gasteiger charge is -2.29. The van der Waals surface area contributed by atoms with Crippen LogP contribution in [0.4, 0.5) is 5.82 Å². The lowest BCUT2D eigenvalue weighted by atomic mass is 10.1. The number of morpholine rings is 1. The fourth-order valence-corrected chi connectivity index (χ4v) is 3.43. The molecule has 0 saturated carbocycles. The average molecular weight is 378 g/mol. The Balaban J connectivity index is 0.00000243. The number of aromatic nitrogens is 1. The molecule has 5 nitrogen and oxygen atoms in total. The van der Waals surface area contributed by atoms with Crippen molar-refractivity contribution in [2.75, 3.05) is 38.3 Å². The number of pyridine rings is 1. The third-order valence-electron chi connectivity index (χ3n) is 4.55. The molecule has 142 valence electrons. The van der Waals surface area contributed by atoms with Crippen LogP contribution in [0.1, 0.15) is 22.3 Å². The molecule has 0 spiro atoms. The summed E-state index contributed by atoms with van der Waals surface area (Å²) >= 11 is 0. The van der Waals surface area contributed by atoms with Gasteiger partial charge in [-0.3, -0.25) is 0 Å². The van der Waals surface area contributed by atoms with E-state index in [2.05, 4.69) is 47.2 Å². The first-order valence-electron chi connectivity index (χ1n) is 8.80. The van der Waals surface area contributed by atoms with Crippen LogP contribution in [-0.2, 0) is 17.8 Å². The van der Waals surface area contributed by atoms with Gasteiger partial charge in [0.1, 0.15) is 11.6 Å². The van der Waals surface area contributed by atoms with Crippen molar-refractivity contribution in [2.24, 2.45) is 0 Å². The summed E-state index contributed by atoms with van der Waals surface area (Å²) < 4.78 is 10.9. The molecule has 1 fully saturated rings. The molecule has 0 bridgehead atoms. The molecular weight excluding hydrogens is 350 g/mol. The molecule has 1 aliphatic heterocycles. The highest BCUT2D eigenvalue weighted by Crippen LogP contribution is 2.24. The average Bonchev–Trinajstić information content (AvgIpc) is 2.63. The Morgan fingerprint density at radius 1 is 1.15 bits per heavy atom.